The van der Waals surface area contributed by atoms with E-state index in [0.29, 0.717) is 25.1 Å². The first kappa shape index (κ1) is 13.6. The molecule has 0 aromatic carbocycles. The number of nitrogens with zero attached hydrogens (tertiary/aromatic N) is 1. The van der Waals surface area contributed by atoms with Crippen molar-refractivity contribution in [1.82, 2.24) is 9.88 Å². The molecule has 2 rings (SSSR count). The van der Waals surface area contributed by atoms with E-state index in [1.165, 1.54) is 0 Å². The number of H-pyrrole nitrogens is 1. The Morgan fingerprint density at radius 1 is 1.42 bits per heavy atom. The lowest BCUT2D eigenvalue weighted by molar-refractivity contribution is -0.150. The molecule has 1 unspecified atom stereocenters. The normalized spacial score (nSPS) is 23.1. The number of aliphatic carboxylic acids is 1. The number of carbonyl (C=O) groups excluding carboxylic acids is 1. The fourth-order valence-corrected chi connectivity index (χ4v) is 2.74. The highest BCUT2D eigenvalue weighted by Gasteiger charge is 2.48. The lowest BCUT2D eigenvalue weighted by Gasteiger charge is -2.28. The second kappa shape index (κ2) is 4.72. The van der Waals surface area contributed by atoms with Crippen molar-refractivity contribution < 1.29 is 14.7 Å². The molecule has 1 aromatic heterocycles. The van der Waals surface area contributed by atoms with Gasteiger partial charge in [-0.1, -0.05) is 13.8 Å². The molecule has 0 saturated carbocycles. The number of hydrogen-bond acceptors (Lipinski definition) is 2. The van der Waals surface area contributed by atoms with Gasteiger partial charge in [0.05, 0.1) is 11.0 Å². The van der Waals surface area contributed by atoms with Crippen LogP contribution in [0.15, 0.2) is 12.4 Å². The summed E-state index contributed by atoms with van der Waals surface area (Å²) in [6.45, 7) is 6.48. The summed E-state index contributed by atoms with van der Waals surface area (Å²) in [5, 5.41) is 9.47. The standard InChI is InChI=1S/C14H20N2O3/c1-9(2)14(13(18)19)4-5-16(8-14)12(17)11-7-15-6-10(11)3/h6-7,9,15H,4-5,8H2,1-3H3,(H,18,19). The molecule has 1 aliphatic rings. The van der Waals surface area contributed by atoms with Crippen LogP contribution in [-0.2, 0) is 4.79 Å². The summed E-state index contributed by atoms with van der Waals surface area (Å²) >= 11 is 0. The monoisotopic (exact) mass is 264 g/mol. The van der Waals surface area contributed by atoms with E-state index in [4.69, 9.17) is 0 Å². The maximum atomic E-state index is 12.4. The molecule has 5 nitrogen and oxygen atoms in total. The highest BCUT2D eigenvalue weighted by atomic mass is 16.4. The molecule has 5 heteroatoms. The molecule has 0 bridgehead atoms. The van der Waals surface area contributed by atoms with Crippen molar-refractivity contribution in [2.24, 2.45) is 11.3 Å². The molecule has 0 spiro atoms. The summed E-state index contributed by atoms with van der Waals surface area (Å²) in [5.74, 6) is -0.874. The second-order valence-corrected chi connectivity index (χ2v) is 5.64. The summed E-state index contributed by atoms with van der Waals surface area (Å²) < 4.78 is 0. The van der Waals surface area contributed by atoms with Crippen LogP contribution in [0.3, 0.4) is 0 Å². The zero-order chi connectivity index (χ0) is 14.2. The van der Waals surface area contributed by atoms with Crippen molar-refractivity contribution in [2.45, 2.75) is 27.2 Å². The molecule has 0 radical (unpaired) electrons. The molecule has 1 atom stereocenters. The zero-order valence-electron chi connectivity index (χ0n) is 11.6. The minimum absolute atomic E-state index is 0.00937. The number of carboxylic acids is 1. The third-order valence-electron chi connectivity index (χ3n) is 4.30. The van der Waals surface area contributed by atoms with Gasteiger partial charge in [0, 0.05) is 25.5 Å². The van der Waals surface area contributed by atoms with Crippen LogP contribution in [0.25, 0.3) is 0 Å². The third-order valence-corrected chi connectivity index (χ3v) is 4.30. The van der Waals surface area contributed by atoms with Crippen molar-refractivity contribution >= 4 is 11.9 Å². The maximum Gasteiger partial charge on any atom is 0.311 e. The van der Waals surface area contributed by atoms with Gasteiger partial charge >= 0.3 is 5.97 Å². The van der Waals surface area contributed by atoms with E-state index in [0.717, 1.165) is 5.56 Å². The second-order valence-electron chi connectivity index (χ2n) is 5.64. The molecule has 1 saturated heterocycles. The van der Waals surface area contributed by atoms with Gasteiger partial charge in [0.15, 0.2) is 0 Å². The van der Waals surface area contributed by atoms with E-state index < -0.39 is 11.4 Å². The number of carboxylic acid groups (broad SMARTS) is 1. The molecule has 2 N–H and O–H groups in total. The largest absolute Gasteiger partial charge is 0.481 e. The van der Waals surface area contributed by atoms with Gasteiger partial charge in [-0.15, -0.1) is 0 Å². The molecule has 104 valence electrons. The van der Waals surface area contributed by atoms with E-state index in [2.05, 4.69) is 4.98 Å². The Bertz CT molecular complexity index is 507. The van der Waals surface area contributed by atoms with Gasteiger partial charge in [0.1, 0.15) is 0 Å². The van der Waals surface area contributed by atoms with Crippen LogP contribution in [0, 0.1) is 18.3 Å². The van der Waals surface area contributed by atoms with Crippen LogP contribution in [-0.4, -0.2) is 40.0 Å². The molecule has 1 aliphatic heterocycles. The van der Waals surface area contributed by atoms with Crippen LogP contribution >= 0.6 is 0 Å². The highest BCUT2D eigenvalue weighted by Crippen LogP contribution is 2.38. The SMILES string of the molecule is Cc1c[nH]cc1C(=O)N1CCC(C(=O)O)(C(C)C)C1. The van der Waals surface area contributed by atoms with Gasteiger partial charge in [0.25, 0.3) is 5.91 Å². The zero-order valence-corrected chi connectivity index (χ0v) is 11.6. The predicted molar refractivity (Wildman–Crippen MR) is 71.0 cm³/mol. The van der Waals surface area contributed by atoms with Crippen molar-refractivity contribution in [2.75, 3.05) is 13.1 Å². The number of aromatic nitrogens is 1. The minimum atomic E-state index is -0.806. The van der Waals surface area contributed by atoms with Gasteiger partial charge in [-0.3, -0.25) is 9.59 Å². The van der Waals surface area contributed by atoms with Crippen LogP contribution in [0.5, 0.6) is 0 Å². The van der Waals surface area contributed by atoms with E-state index in [9.17, 15) is 14.7 Å². The van der Waals surface area contributed by atoms with Crippen LogP contribution in [0.4, 0.5) is 0 Å². The number of likely N-dealkylation sites (tertiary alicyclic amines) is 1. The van der Waals surface area contributed by atoms with Gasteiger partial charge in [-0.25, -0.2) is 0 Å². The summed E-state index contributed by atoms with van der Waals surface area (Å²) in [6.07, 6.45) is 3.97. The summed E-state index contributed by atoms with van der Waals surface area (Å²) in [5.41, 5.74) is 0.715. The minimum Gasteiger partial charge on any atom is -0.481 e. The Kier molecular flexibility index (Phi) is 3.39. The van der Waals surface area contributed by atoms with Crippen molar-refractivity contribution in [1.29, 1.82) is 0 Å². The smallest absolute Gasteiger partial charge is 0.311 e. The molecule has 2 heterocycles. The molecule has 1 amide bonds. The lowest BCUT2D eigenvalue weighted by Crippen LogP contribution is -2.40. The number of carbonyl (C=O) groups is 2. The van der Waals surface area contributed by atoms with E-state index in [1.54, 1.807) is 17.3 Å². The van der Waals surface area contributed by atoms with Gasteiger partial charge in [-0.05, 0) is 24.8 Å². The molecule has 1 fully saturated rings. The summed E-state index contributed by atoms with van der Waals surface area (Å²) in [4.78, 5) is 28.5. The van der Waals surface area contributed by atoms with Crippen LogP contribution in [0.1, 0.15) is 36.2 Å². The van der Waals surface area contributed by atoms with Crippen LogP contribution in [0.2, 0.25) is 0 Å². The molecule has 19 heavy (non-hydrogen) atoms. The predicted octanol–water partition coefficient (Wildman–Crippen LogP) is 1.90. The first-order valence-corrected chi connectivity index (χ1v) is 6.54. The first-order chi connectivity index (χ1) is 8.88. The lowest BCUT2D eigenvalue weighted by atomic mass is 9.76. The number of rotatable bonds is 3. The van der Waals surface area contributed by atoms with Crippen molar-refractivity contribution in [3.05, 3.63) is 23.5 Å². The quantitative estimate of drug-likeness (QED) is 0.875. The van der Waals surface area contributed by atoms with Gasteiger partial charge < -0.3 is 15.0 Å². The summed E-state index contributed by atoms with van der Waals surface area (Å²) in [6, 6.07) is 0. The number of amides is 1. The fraction of sp³-hybridized carbons (Fsp3) is 0.571. The highest BCUT2D eigenvalue weighted by molar-refractivity contribution is 5.96. The number of aromatic amines is 1. The molecular formula is C14H20N2O3. The average molecular weight is 264 g/mol. The van der Waals surface area contributed by atoms with E-state index >= 15 is 0 Å². The van der Waals surface area contributed by atoms with Crippen molar-refractivity contribution in [3.63, 3.8) is 0 Å². The van der Waals surface area contributed by atoms with E-state index in [1.807, 2.05) is 20.8 Å². The number of aryl methyl sites for hydroxylation is 1. The van der Waals surface area contributed by atoms with Crippen molar-refractivity contribution in [3.8, 4) is 0 Å². The first-order valence-electron chi connectivity index (χ1n) is 6.54. The van der Waals surface area contributed by atoms with Crippen LogP contribution < -0.4 is 0 Å². The Morgan fingerprint density at radius 3 is 2.53 bits per heavy atom. The van der Waals surface area contributed by atoms with Gasteiger partial charge in [-0.2, -0.15) is 0 Å². The average Bonchev–Trinajstić information content (AvgIpc) is 2.94. The summed E-state index contributed by atoms with van der Waals surface area (Å²) in [7, 11) is 0. The molecular weight excluding hydrogens is 244 g/mol. The van der Waals surface area contributed by atoms with E-state index in [-0.39, 0.29) is 11.8 Å². The topological polar surface area (TPSA) is 73.4 Å². The Morgan fingerprint density at radius 2 is 2.11 bits per heavy atom. The molecule has 0 aliphatic carbocycles. The third kappa shape index (κ3) is 2.13. The Balaban J connectivity index is 2.20. The Hall–Kier alpha value is -1.78. The Labute approximate surface area is 112 Å². The number of hydrogen-bond donors (Lipinski definition) is 2. The fourth-order valence-electron chi connectivity index (χ4n) is 2.74. The maximum absolute atomic E-state index is 12.4. The van der Waals surface area contributed by atoms with Gasteiger partial charge in [0.2, 0.25) is 0 Å². The molecule has 1 aromatic rings. The number of nitrogens with one attached hydrogen (secondary N) is 1.